The van der Waals surface area contributed by atoms with Crippen LogP contribution in [0.4, 0.5) is 0 Å². The lowest BCUT2D eigenvalue weighted by atomic mass is 10.2. The number of hydrogen-bond donors (Lipinski definition) is 1. The van der Waals surface area contributed by atoms with E-state index in [-0.39, 0.29) is 12.6 Å². The molecule has 0 spiro atoms. The lowest BCUT2D eigenvalue weighted by molar-refractivity contribution is -0.144. The molecule has 1 aromatic carbocycles. The van der Waals surface area contributed by atoms with Crippen molar-refractivity contribution in [1.82, 2.24) is 5.32 Å². The van der Waals surface area contributed by atoms with Crippen LogP contribution in [0, 0.1) is 0 Å². The van der Waals surface area contributed by atoms with Crippen molar-refractivity contribution in [1.29, 1.82) is 0 Å². The second-order valence-electron chi connectivity index (χ2n) is 5.52. The highest BCUT2D eigenvalue weighted by atomic mass is 35.5. The van der Waals surface area contributed by atoms with Crippen molar-refractivity contribution in [3.63, 3.8) is 0 Å². The van der Waals surface area contributed by atoms with Gasteiger partial charge >= 0.3 is 5.97 Å². The van der Waals surface area contributed by atoms with Crippen LogP contribution in [0.3, 0.4) is 0 Å². The van der Waals surface area contributed by atoms with Gasteiger partial charge in [-0.3, -0.25) is 4.79 Å². The van der Waals surface area contributed by atoms with Gasteiger partial charge in [-0.05, 0) is 31.2 Å². The minimum Gasteiger partial charge on any atom is -0.467 e. The molecule has 0 aliphatic rings. The monoisotopic (exact) mass is 389 g/mol. The molecule has 1 N–H and O–H groups in total. The smallest absolute Gasteiger partial charge is 0.331 e. The Morgan fingerprint density at radius 3 is 2.85 bits per heavy atom. The molecule has 0 bridgehead atoms. The van der Waals surface area contributed by atoms with Crippen molar-refractivity contribution in [2.24, 2.45) is 0 Å². The molecule has 26 heavy (non-hydrogen) atoms. The van der Waals surface area contributed by atoms with Crippen molar-refractivity contribution in [3.05, 3.63) is 64.4 Å². The number of carbonyl (C=O) groups excluding carboxylic acids is 2. The molecule has 0 unspecified atom stereocenters. The van der Waals surface area contributed by atoms with Crippen molar-refractivity contribution in [2.45, 2.75) is 13.0 Å². The molecule has 7 heteroatoms. The van der Waals surface area contributed by atoms with E-state index in [0.29, 0.717) is 10.8 Å². The van der Waals surface area contributed by atoms with Crippen LogP contribution in [0.25, 0.3) is 16.2 Å². The van der Waals surface area contributed by atoms with Crippen LogP contribution in [-0.4, -0.2) is 18.5 Å². The number of halogens is 1. The highest BCUT2D eigenvalue weighted by Gasteiger charge is 2.13. The van der Waals surface area contributed by atoms with E-state index in [1.54, 1.807) is 25.1 Å². The number of nitrogens with one attached hydrogen (secondary N) is 1. The topological polar surface area (TPSA) is 68.5 Å². The van der Waals surface area contributed by atoms with Crippen molar-refractivity contribution in [3.8, 4) is 0 Å². The lowest BCUT2D eigenvalue weighted by Crippen LogP contribution is -2.30. The van der Waals surface area contributed by atoms with Gasteiger partial charge in [-0.2, -0.15) is 0 Å². The van der Waals surface area contributed by atoms with Gasteiger partial charge in [0.25, 0.3) is 5.91 Å². The Bertz CT molecular complexity index is 946. The van der Waals surface area contributed by atoms with Gasteiger partial charge in [0.2, 0.25) is 0 Å². The average molecular weight is 390 g/mol. The van der Waals surface area contributed by atoms with Crippen LogP contribution in [0.15, 0.2) is 53.2 Å². The predicted molar refractivity (Wildman–Crippen MR) is 102 cm³/mol. The first-order chi connectivity index (χ1) is 12.5. The van der Waals surface area contributed by atoms with Crippen LogP contribution in [0.2, 0.25) is 5.02 Å². The number of carbonyl (C=O) groups is 2. The summed E-state index contributed by atoms with van der Waals surface area (Å²) < 4.78 is 11.2. The van der Waals surface area contributed by atoms with Crippen molar-refractivity contribution >= 4 is 51.0 Å². The van der Waals surface area contributed by atoms with Gasteiger partial charge in [-0.15, -0.1) is 11.3 Å². The summed E-state index contributed by atoms with van der Waals surface area (Å²) in [6, 6.07) is 10.9. The fourth-order valence-corrected chi connectivity index (χ4v) is 3.76. The maximum Gasteiger partial charge on any atom is 0.331 e. The molecule has 0 saturated carbocycles. The minimum absolute atomic E-state index is 0.302. The molecule has 134 valence electrons. The molecule has 0 fully saturated rings. The highest BCUT2D eigenvalue weighted by Crippen LogP contribution is 2.35. The summed E-state index contributed by atoms with van der Waals surface area (Å²) in [6.07, 6.45) is 4.39. The quantitative estimate of drug-likeness (QED) is 0.495. The number of ether oxygens (including phenoxy) is 1. The number of esters is 1. The maximum absolute atomic E-state index is 11.8. The van der Waals surface area contributed by atoms with Crippen LogP contribution < -0.4 is 5.32 Å². The predicted octanol–water partition coefficient (Wildman–Crippen LogP) is 4.58. The minimum atomic E-state index is -0.612. The van der Waals surface area contributed by atoms with Gasteiger partial charge < -0.3 is 14.5 Å². The molecule has 0 aliphatic carbocycles. The van der Waals surface area contributed by atoms with Gasteiger partial charge in [-0.25, -0.2) is 4.79 Å². The van der Waals surface area contributed by atoms with Crippen molar-refractivity contribution in [2.75, 3.05) is 6.61 Å². The summed E-state index contributed by atoms with van der Waals surface area (Å²) >= 11 is 7.79. The van der Waals surface area contributed by atoms with E-state index in [9.17, 15) is 9.59 Å². The first kappa shape index (κ1) is 18.2. The average Bonchev–Trinajstić information content (AvgIpc) is 3.27. The van der Waals surface area contributed by atoms with Gasteiger partial charge in [0, 0.05) is 21.0 Å². The third-order valence-electron chi connectivity index (χ3n) is 3.62. The zero-order valence-electron chi connectivity index (χ0n) is 13.9. The summed E-state index contributed by atoms with van der Waals surface area (Å²) in [5.41, 5.74) is 0. The van der Waals surface area contributed by atoms with Crippen molar-refractivity contribution < 1.29 is 18.7 Å². The van der Waals surface area contributed by atoms with Gasteiger partial charge in [0.15, 0.2) is 6.61 Å². The first-order valence-electron chi connectivity index (χ1n) is 7.89. The van der Waals surface area contributed by atoms with E-state index in [4.69, 9.17) is 20.8 Å². The Balaban J connectivity index is 1.52. The Kier molecular flexibility index (Phi) is 5.75. The zero-order chi connectivity index (χ0) is 18.5. The number of benzene rings is 1. The molecule has 2 aromatic heterocycles. The molecule has 5 nitrogen and oxygen atoms in total. The Hall–Kier alpha value is -2.57. The number of rotatable bonds is 6. The van der Waals surface area contributed by atoms with E-state index in [2.05, 4.69) is 5.32 Å². The molecular weight excluding hydrogens is 374 g/mol. The molecule has 3 aromatic rings. The summed E-state index contributed by atoms with van der Waals surface area (Å²) in [4.78, 5) is 24.4. The molecule has 1 amide bonds. The lowest BCUT2D eigenvalue weighted by Gasteiger charge is -2.10. The number of furan rings is 1. The number of hydrogen-bond acceptors (Lipinski definition) is 5. The number of fused-ring (bicyclic) bond motifs is 1. The molecular formula is C19H16ClNO4S. The van der Waals surface area contributed by atoms with E-state index in [0.717, 1.165) is 15.0 Å². The third-order valence-corrected chi connectivity index (χ3v) is 5.28. The Morgan fingerprint density at radius 2 is 2.12 bits per heavy atom. The molecule has 0 aliphatic heterocycles. The van der Waals surface area contributed by atoms with E-state index < -0.39 is 11.9 Å². The summed E-state index contributed by atoms with van der Waals surface area (Å²) in [6.45, 7) is 1.41. The number of amides is 1. The SMILES string of the molecule is C[C@@H](NC(=O)COC(=O)/C=C/c1sc2ccccc2c1Cl)c1ccco1. The molecule has 1 atom stereocenters. The van der Waals surface area contributed by atoms with Crippen LogP contribution in [0.5, 0.6) is 0 Å². The van der Waals surface area contributed by atoms with E-state index >= 15 is 0 Å². The van der Waals surface area contributed by atoms with Gasteiger partial charge in [0.1, 0.15) is 5.76 Å². The summed E-state index contributed by atoms with van der Waals surface area (Å²) in [5.74, 6) is -0.390. The molecule has 0 saturated heterocycles. The Morgan fingerprint density at radius 1 is 1.31 bits per heavy atom. The maximum atomic E-state index is 11.8. The summed E-state index contributed by atoms with van der Waals surface area (Å²) in [7, 11) is 0. The highest BCUT2D eigenvalue weighted by molar-refractivity contribution is 7.20. The molecule has 0 radical (unpaired) electrons. The first-order valence-corrected chi connectivity index (χ1v) is 9.08. The van der Waals surface area contributed by atoms with Gasteiger partial charge in [0.05, 0.1) is 17.3 Å². The standard InChI is InChI=1S/C19H16ClNO4S/c1-12(14-6-4-10-24-14)21-17(22)11-25-18(23)9-8-16-19(20)13-5-2-3-7-15(13)26-16/h2-10,12H,11H2,1H3,(H,21,22)/b9-8+/t12-/m1/s1. The van der Waals surface area contributed by atoms with Crippen LogP contribution in [0.1, 0.15) is 23.6 Å². The largest absolute Gasteiger partial charge is 0.467 e. The zero-order valence-corrected chi connectivity index (χ0v) is 15.5. The summed E-state index contributed by atoms with van der Waals surface area (Å²) in [5, 5.41) is 4.23. The van der Waals surface area contributed by atoms with E-state index in [1.807, 2.05) is 24.3 Å². The number of thiophene rings is 1. The second-order valence-corrected chi connectivity index (χ2v) is 6.98. The van der Waals surface area contributed by atoms with Crippen LogP contribution in [-0.2, 0) is 14.3 Å². The van der Waals surface area contributed by atoms with E-state index in [1.165, 1.54) is 23.7 Å². The normalized spacial score (nSPS) is 12.4. The molecule has 3 rings (SSSR count). The second kappa shape index (κ2) is 8.21. The Labute approximate surface area is 159 Å². The fourth-order valence-electron chi connectivity index (χ4n) is 2.36. The third kappa shape index (κ3) is 4.33. The fraction of sp³-hybridized carbons (Fsp3) is 0.158. The van der Waals surface area contributed by atoms with Gasteiger partial charge in [-0.1, -0.05) is 29.8 Å². The molecule has 2 heterocycles. The van der Waals surface area contributed by atoms with Crippen LogP contribution >= 0.6 is 22.9 Å².